The van der Waals surface area contributed by atoms with Crippen molar-refractivity contribution < 1.29 is 4.79 Å². The lowest BCUT2D eigenvalue weighted by atomic mass is 9.49. The summed E-state index contributed by atoms with van der Waals surface area (Å²) in [6, 6.07) is 2.36. The van der Waals surface area contributed by atoms with E-state index in [9.17, 15) is 10.1 Å². The van der Waals surface area contributed by atoms with E-state index in [0.29, 0.717) is 12.8 Å². The first kappa shape index (κ1) is 11.1. The lowest BCUT2D eigenvalue weighted by Crippen LogP contribution is -2.54. The van der Waals surface area contributed by atoms with Crippen LogP contribution in [-0.2, 0) is 4.79 Å². The first-order valence-corrected chi connectivity index (χ1v) is 5.73. The third-order valence-corrected chi connectivity index (χ3v) is 4.26. The highest BCUT2D eigenvalue weighted by Crippen LogP contribution is 2.56. The van der Waals surface area contributed by atoms with Gasteiger partial charge in [0.2, 0.25) is 0 Å². The number of carbonyl (C=O) groups excluding carboxylic acids is 1. The second-order valence-corrected chi connectivity index (χ2v) is 5.48. The summed E-state index contributed by atoms with van der Waals surface area (Å²) in [5.74, 6) is 0.307. The second-order valence-electron chi connectivity index (χ2n) is 5.48. The Balaban J connectivity index is 2.51. The molecular weight excluding hydrogens is 198 g/mol. The molecule has 0 spiro atoms. The summed E-state index contributed by atoms with van der Waals surface area (Å²) in [5, 5.41) is 9.19. The van der Waals surface area contributed by atoms with Crippen molar-refractivity contribution in [3.63, 3.8) is 0 Å². The van der Waals surface area contributed by atoms with Crippen molar-refractivity contribution in [2.75, 3.05) is 0 Å². The van der Waals surface area contributed by atoms with Gasteiger partial charge in [-0.05, 0) is 19.8 Å². The van der Waals surface area contributed by atoms with Crippen LogP contribution in [0.15, 0.2) is 24.8 Å². The Bertz CT molecular complexity index is 417. The number of Topliss-reactive ketones (excluding diaryl/α,β-unsaturated/α-hetero) is 1. The molecule has 0 aromatic rings. The van der Waals surface area contributed by atoms with Crippen LogP contribution in [0.3, 0.4) is 0 Å². The first-order valence-electron chi connectivity index (χ1n) is 5.73. The summed E-state index contributed by atoms with van der Waals surface area (Å²) in [6.07, 6.45) is 7.20. The fourth-order valence-corrected chi connectivity index (χ4v) is 3.39. The van der Waals surface area contributed by atoms with E-state index in [1.165, 1.54) is 0 Å². The highest BCUT2D eigenvalue weighted by Gasteiger charge is 2.57. The second kappa shape index (κ2) is 3.31. The number of fused-ring (bicyclic) bond motifs is 2. The molecule has 0 saturated heterocycles. The third-order valence-electron chi connectivity index (χ3n) is 4.26. The molecule has 84 valence electrons. The molecule has 0 heterocycles. The van der Waals surface area contributed by atoms with Crippen LogP contribution in [0.25, 0.3) is 0 Å². The number of hydrogen-bond donors (Lipinski definition) is 0. The molecular formula is C14H17NO. The van der Waals surface area contributed by atoms with Crippen LogP contribution in [0.5, 0.6) is 0 Å². The molecule has 3 aliphatic carbocycles. The van der Waals surface area contributed by atoms with E-state index in [1.807, 2.05) is 19.9 Å². The third kappa shape index (κ3) is 1.21. The zero-order chi connectivity index (χ0) is 12.0. The largest absolute Gasteiger partial charge is 0.298 e. The maximum absolute atomic E-state index is 12.5. The molecule has 0 unspecified atom stereocenters. The van der Waals surface area contributed by atoms with Crippen LogP contribution in [0, 0.1) is 34.0 Å². The zero-order valence-electron chi connectivity index (χ0n) is 9.86. The molecule has 0 aromatic heterocycles. The normalized spacial score (nSPS) is 45.4. The van der Waals surface area contributed by atoms with E-state index in [-0.39, 0.29) is 17.6 Å². The van der Waals surface area contributed by atoms with Gasteiger partial charge in [0.05, 0.1) is 12.0 Å². The van der Waals surface area contributed by atoms with Crippen molar-refractivity contribution in [2.24, 2.45) is 22.7 Å². The molecule has 0 amide bonds. The van der Waals surface area contributed by atoms with Crippen LogP contribution >= 0.6 is 0 Å². The highest BCUT2D eigenvalue weighted by atomic mass is 16.1. The molecule has 1 fully saturated rings. The maximum Gasteiger partial charge on any atom is 0.149 e. The molecule has 2 nitrogen and oxygen atoms in total. The van der Waals surface area contributed by atoms with Gasteiger partial charge in [-0.1, -0.05) is 25.2 Å². The molecule has 0 aromatic carbocycles. The Hall–Kier alpha value is -1.36. The summed E-state index contributed by atoms with van der Waals surface area (Å²) in [5.41, 5.74) is -0.864. The summed E-state index contributed by atoms with van der Waals surface area (Å²) >= 11 is 0. The number of ketones is 1. The van der Waals surface area contributed by atoms with E-state index in [1.54, 1.807) is 6.08 Å². The van der Waals surface area contributed by atoms with Crippen LogP contribution < -0.4 is 0 Å². The van der Waals surface area contributed by atoms with Gasteiger partial charge in [0.15, 0.2) is 0 Å². The highest BCUT2D eigenvalue weighted by molar-refractivity contribution is 5.94. The Morgan fingerprint density at radius 3 is 2.94 bits per heavy atom. The lowest BCUT2D eigenvalue weighted by molar-refractivity contribution is -0.145. The predicted octanol–water partition coefficient (Wildman–Crippen LogP) is 2.87. The van der Waals surface area contributed by atoms with Crippen molar-refractivity contribution >= 4 is 5.78 Å². The lowest BCUT2D eigenvalue weighted by Gasteiger charge is -2.51. The molecule has 16 heavy (non-hydrogen) atoms. The predicted molar refractivity (Wildman–Crippen MR) is 62.4 cm³/mol. The van der Waals surface area contributed by atoms with Crippen LogP contribution in [0.1, 0.15) is 26.7 Å². The van der Waals surface area contributed by atoms with Crippen molar-refractivity contribution in [1.29, 1.82) is 5.26 Å². The molecule has 0 aliphatic heterocycles. The fourth-order valence-electron chi connectivity index (χ4n) is 3.39. The quantitative estimate of drug-likeness (QED) is 0.664. The van der Waals surface area contributed by atoms with Gasteiger partial charge in [-0.25, -0.2) is 0 Å². The topological polar surface area (TPSA) is 40.9 Å². The molecule has 2 heteroatoms. The molecule has 3 aliphatic rings. The average Bonchev–Trinajstić information content (AvgIpc) is 2.26. The fraction of sp³-hybridized carbons (Fsp3) is 0.571. The van der Waals surface area contributed by atoms with Gasteiger partial charge < -0.3 is 0 Å². The maximum atomic E-state index is 12.5. The van der Waals surface area contributed by atoms with E-state index in [2.05, 4.69) is 18.7 Å². The van der Waals surface area contributed by atoms with Crippen molar-refractivity contribution in [3.05, 3.63) is 24.8 Å². The number of nitriles is 1. The zero-order valence-corrected chi connectivity index (χ0v) is 9.86. The number of nitrogens with zero attached hydrogens (tertiary/aromatic N) is 1. The van der Waals surface area contributed by atoms with Crippen LogP contribution in [-0.4, -0.2) is 5.78 Å². The van der Waals surface area contributed by atoms with Gasteiger partial charge in [0.1, 0.15) is 5.78 Å². The summed E-state index contributed by atoms with van der Waals surface area (Å²) in [7, 11) is 0. The minimum absolute atomic E-state index is 0.0300. The minimum Gasteiger partial charge on any atom is -0.298 e. The smallest absolute Gasteiger partial charge is 0.149 e. The average molecular weight is 215 g/mol. The Morgan fingerprint density at radius 1 is 1.69 bits per heavy atom. The van der Waals surface area contributed by atoms with Gasteiger partial charge in [-0.2, -0.15) is 5.26 Å². The number of allylic oxidation sites excluding steroid dienone is 3. The Labute approximate surface area is 96.6 Å². The molecule has 1 saturated carbocycles. The monoisotopic (exact) mass is 215 g/mol. The van der Waals surface area contributed by atoms with E-state index >= 15 is 0 Å². The first-order chi connectivity index (χ1) is 7.48. The standard InChI is InChI=1S/C14H17NO/c1-4-6-14(3)11-5-7-13(2,12(14)16)8-10(11)9-15/h4-5,7,10-11H,1,6,8H2,2-3H3/t10-,11+,13-,14+/m0/s1. The van der Waals surface area contributed by atoms with Crippen LogP contribution in [0.4, 0.5) is 0 Å². The van der Waals surface area contributed by atoms with Gasteiger partial charge >= 0.3 is 0 Å². The van der Waals surface area contributed by atoms with Gasteiger partial charge in [-0.15, -0.1) is 6.58 Å². The number of rotatable bonds is 2. The molecule has 2 bridgehead atoms. The molecule has 4 atom stereocenters. The molecule has 0 N–H and O–H groups in total. The van der Waals surface area contributed by atoms with Crippen molar-refractivity contribution in [2.45, 2.75) is 26.7 Å². The minimum atomic E-state index is -0.438. The van der Waals surface area contributed by atoms with Gasteiger partial charge in [-0.3, -0.25) is 4.79 Å². The van der Waals surface area contributed by atoms with E-state index in [4.69, 9.17) is 0 Å². The molecule has 3 rings (SSSR count). The van der Waals surface area contributed by atoms with Crippen LogP contribution in [0.2, 0.25) is 0 Å². The van der Waals surface area contributed by atoms with Gasteiger partial charge in [0, 0.05) is 16.7 Å². The van der Waals surface area contributed by atoms with E-state index in [0.717, 1.165) is 0 Å². The number of carbonyl (C=O) groups is 1. The van der Waals surface area contributed by atoms with Crippen molar-refractivity contribution in [1.82, 2.24) is 0 Å². The number of hydrogen-bond acceptors (Lipinski definition) is 2. The summed E-state index contributed by atoms with van der Waals surface area (Å²) < 4.78 is 0. The SMILES string of the molecule is C=CC[C@@]1(C)C(=O)[C@@]2(C)C=C[C@@H]1[C@H](C#N)C2. The summed E-state index contributed by atoms with van der Waals surface area (Å²) in [4.78, 5) is 12.5. The van der Waals surface area contributed by atoms with E-state index < -0.39 is 10.8 Å². The Kier molecular flexibility index (Phi) is 2.31. The molecule has 0 radical (unpaired) electrons. The summed E-state index contributed by atoms with van der Waals surface area (Å²) in [6.45, 7) is 7.66. The Morgan fingerprint density at radius 2 is 2.38 bits per heavy atom. The van der Waals surface area contributed by atoms with Crippen molar-refractivity contribution in [3.8, 4) is 6.07 Å². The van der Waals surface area contributed by atoms with Gasteiger partial charge in [0.25, 0.3) is 0 Å².